The Morgan fingerprint density at radius 3 is 2.30 bits per heavy atom. The summed E-state index contributed by atoms with van der Waals surface area (Å²) in [6.07, 6.45) is 5.02. The summed E-state index contributed by atoms with van der Waals surface area (Å²) in [6, 6.07) is 8.25. The van der Waals surface area contributed by atoms with Gasteiger partial charge in [-0.3, -0.25) is 9.69 Å². The van der Waals surface area contributed by atoms with E-state index in [0.717, 1.165) is 25.7 Å². The Morgan fingerprint density at radius 2 is 1.75 bits per heavy atom. The van der Waals surface area contributed by atoms with Crippen LogP contribution in [0, 0.1) is 5.92 Å². The zero-order valence-electron chi connectivity index (χ0n) is 11.8. The highest BCUT2D eigenvalue weighted by molar-refractivity contribution is 6.00. The minimum absolute atomic E-state index is 0.0363. The average molecular weight is 275 g/mol. The van der Waals surface area contributed by atoms with Gasteiger partial charge in [0.1, 0.15) is 6.04 Å². The van der Waals surface area contributed by atoms with Crippen LogP contribution in [0.3, 0.4) is 0 Å². The van der Waals surface area contributed by atoms with E-state index in [1.165, 1.54) is 11.3 Å². The van der Waals surface area contributed by atoms with E-state index in [2.05, 4.69) is 0 Å². The van der Waals surface area contributed by atoms with Gasteiger partial charge in [0.25, 0.3) is 0 Å². The second-order valence-corrected chi connectivity index (χ2v) is 5.39. The molecule has 4 heteroatoms. The number of carboxylic acids is 1. The van der Waals surface area contributed by atoms with Crippen LogP contribution in [0.25, 0.3) is 0 Å². The average Bonchev–Trinajstić information content (AvgIpc) is 2.49. The highest BCUT2D eigenvalue weighted by atomic mass is 16.4. The van der Waals surface area contributed by atoms with Crippen LogP contribution >= 0.6 is 0 Å². The lowest BCUT2D eigenvalue weighted by molar-refractivity contribution is -0.140. The van der Waals surface area contributed by atoms with Gasteiger partial charge in [-0.1, -0.05) is 37.5 Å². The zero-order valence-corrected chi connectivity index (χ0v) is 11.8. The third kappa shape index (κ3) is 3.18. The summed E-state index contributed by atoms with van der Waals surface area (Å²) < 4.78 is 0. The number of hydrogen-bond acceptors (Lipinski definition) is 2. The van der Waals surface area contributed by atoms with Gasteiger partial charge < -0.3 is 5.11 Å². The number of aliphatic carboxylic acids is 1. The molecular formula is C16H21NO3. The number of amides is 1. The van der Waals surface area contributed by atoms with E-state index in [0.29, 0.717) is 5.69 Å². The third-order valence-electron chi connectivity index (χ3n) is 3.97. The van der Waals surface area contributed by atoms with Crippen molar-refractivity contribution >= 4 is 17.6 Å². The number of nitrogens with zero attached hydrogens (tertiary/aromatic N) is 1. The maximum atomic E-state index is 12.7. The van der Waals surface area contributed by atoms with Gasteiger partial charge in [0.2, 0.25) is 5.91 Å². The smallest absolute Gasteiger partial charge is 0.326 e. The Kier molecular flexibility index (Phi) is 4.77. The van der Waals surface area contributed by atoms with Gasteiger partial charge >= 0.3 is 5.97 Å². The molecule has 1 aliphatic carbocycles. The van der Waals surface area contributed by atoms with E-state index in [-0.39, 0.29) is 11.8 Å². The van der Waals surface area contributed by atoms with Crippen molar-refractivity contribution in [3.63, 3.8) is 0 Å². The second kappa shape index (κ2) is 6.55. The van der Waals surface area contributed by atoms with Crippen LogP contribution in [0.5, 0.6) is 0 Å². The van der Waals surface area contributed by atoms with E-state index in [1.54, 1.807) is 19.1 Å². The number of carbonyl (C=O) groups excluding carboxylic acids is 1. The summed E-state index contributed by atoms with van der Waals surface area (Å²) in [5.41, 5.74) is 0.665. The van der Waals surface area contributed by atoms with Crippen LogP contribution in [0.15, 0.2) is 30.3 Å². The first-order valence-electron chi connectivity index (χ1n) is 7.22. The molecule has 2 rings (SSSR count). The molecule has 4 nitrogen and oxygen atoms in total. The first-order valence-corrected chi connectivity index (χ1v) is 7.22. The van der Waals surface area contributed by atoms with Crippen molar-refractivity contribution in [1.82, 2.24) is 0 Å². The van der Waals surface area contributed by atoms with Crippen LogP contribution in [0.4, 0.5) is 5.69 Å². The molecule has 1 aromatic carbocycles. The number of para-hydroxylation sites is 1. The summed E-state index contributed by atoms with van der Waals surface area (Å²) in [5.74, 6) is -1.06. The third-order valence-corrected chi connectivity index (χ3v) is 3.97. The van der Waals surface area contributed by atoms with Crippen LogP contribution in [0.1, 0.15) is 39.0 Å². The molecule has 0 heterocycles. The van der Waals surface area contributed by atoms with E-state index in [1.807, 2.05) is 18.2 Å². The molecule has 1 N–H and O–H groups in total. The van der Waals surface area contributed by atoms with Crippen molar-refractivity contribution in [3.05, 3.63) is 30.3 Å². The van der Waals surface area contributed by atoms with Gasteiger partial charge in [-0.05, 0) is 31.9 Å². The van der Waals surface area contributed by atoms with Crippen molar-refractivity contribution in [2.75, 3.05) is 4.90 Å². The standard InChI is InChI=1S/C16H21NO3/c1-12(16(19)20)17(14-10-6-3-7-11-14)15(18)13-8-4-2-5-9-13/h3,6-7,10-13H,2,4-5,8-9H2,1H3,(H,19,20)/t12-/m0/s1. The Balaban J connectivity index is 2.26. The first-order chi connectivity index (χ1) is 9.61. The van der Waals surface area contributed by atoms with Crippen LogP contribution in [-0.4, -0.2) is 23.0 Å². The quantitative estimate of drug-likeness (QED) is 0.918. The number of rotatable bonds is 4. The van der Waals surface area contributed by atoms with E-state index in [9.17, 15) is 14.7 Å². The second-order valence-electron chi connectivity index (χ2n) is 5.39. The predicted molar refractivity (Wildman–Crippen MR) is 77.6 cm³/mol. The van der Waals surface area contributed by atoms with Crippen molar-refractivity contribution in [1.29, 1.82) is 0 Å². The largest absolute Gasteiger partial charge is 0.480 e. The zero-order chi connectivity index (χ0) is 14.5. The van der Waals surface area contributed by atoms with E-state index >= 15 is 0 Å². The SMILES string of the molecule is C[C@@H](C(=O)O)N(C(=O)C1CCCCC1)c1ccccc1. The molecule has 1 atom stereocenters. The number of carbonyl (C=O) groups is 2. The fourth-order valence-corrected chi connectivity index (χ4v) is 2.79. The molecule has 108 valence electrons. The van der Waals surface area contributed by atoms with Gasteiger partial charge in [-0.15, -0.1) is 0 Å². The summed E-state index contributed by atoms with van der Waals surface area (Å²) in [4.78, 5) is 25.5. The normalized spacial score (nSPS) is 17.4. The summed E-state index contributed by atoms with van der Waals surface area (Å²) in [5, 5.41) is 9.27. The van der Waals surface area contributed by atoms with Gasteiger partial charge in [0, 0.05) is 11.6 Å². The molecule has 20 heavy (non-hydrogen) atoms. The molecule has 1 fully saturated rings. The number of hydrogen-bond donors (Lipinski definition) is 1. The summed E-state index contributed by atoms with van der Waals surface area (Å²) in [6.45, 7) is 1.57. The maximum Gasteiger partial charge on any atom is 0.326 e. The molecule has 0 saturated heterocycles. The molecule has 1 aromatic rings. The van der Waals surface area contributed by atoms with Gasteiger partial charge in [0.15, 0.2) is 0 Å². The van der Waals surface area contributed by atoms with Crippen molar-refractivity contribution < 1.29 is 14.7 Å². The van der Waals surface area contributed by atoms with Crippen LogP contribution < -0.4 is 4.90 Å². The Bertz CT molecular complexity index is 466. The molecule has 0 aliphatic heterocycles. The molecule has 0 aromatic heterocycles. The molecule has 1 aliphatic rings. The highest BCUT2D eigenvalue weighted by Crippen LogP contribution is 2.28. The molecule has 0 radical (unpaired) electrons. The minimum atomic E-state index is -0.974. The highest BCUT2D eigenvalue weighted by Gasteiger charge is 2.32. The number of carboxylic acid groups (broad SMARTS) is 1. The lowest BCUT2D eigenvalue weighted by Crippen LogP contribution is -2.46. The fourth-order valence-electron chi connectivity index (χ4n) is 2.79. The lowest BCUT2D eigenvalue weighted by atomic mass is 9.88. The van der Waals surface area contributed by atoms with Crippen molar-refractivity contribution in [2.24, 2.45) is 5.92 Å². The van der Waals surface area contributed by atoms with Crippen molar-refractivity contribution in [2.45, 2.75) is 45.1 Å². The topological polar surface area (TPSA) is 57.6 Å². The number of anilines is 1. The molecular weight excluding hydrogens is 254 g/mol. The van der Waals surface area contributed by atoms with Gasteiger partial charge in [-0.2, -0.15) is 0 Å². The Morgan fingerprint density at radius 1 is 1.15 bits per heavy atom. The van der Waals surface area contributed by atoms with Crippen molar-refractivity contribution in [3.8, 4) is 0 Å². The summed E-state index contributed by atoms with van der Waals surface area (Å²) in [7, 11) is 0. The predicted octanol–water partition coefficient (Wildman–Crippen LogP) is 3.07. The number of benzene rings is 1. The van der Waals surface area contributed by atoms with Gasteiger partial charge in [-0.25, -0.2) is 4.79 Å². The fraction of sp³-hybridized carbons (Fsp3) is 0.500. The monoisotopic (exact) mass is 275 g/mol. The minimum Gasteiger partial charge on any atom is -0.480 e. The first kappa shape index (κ1) is 14.6. The van der Waals surface area contributed by atoms with Gasteiger partial charge in [0.05, 0.1) is 0 Å². The molecule has 0 spiro atoms. The Labute approximate surface area is 119 Å². The van der Waals surface area contributed by atoms with E-state index < -0.39 is 12.0 Å². The van der Waals surface area contributed by atoms with E-state index in [4.69, 9.17) is 0 Å². The van der Waals surface area contributed by atoms with Crippen LogP contribution in [0.2, 0.25) is 0 Å². The summed E-state index contributed by atoms with van der Waals surface area (Å²) >= 11 is 0. The maximum absolute atomic E-state index is 12.7. The molecule has 0 bridgehead atoms. The molecule has 1 amide bonds. The lowest BCUT2D eigenvalue weighted by Gasteiger charge is -2.32. The molecule has 0 unspecified atom stereocenters. The van der Waals surface area contributed by atoms with Crippen LogP contribution in [-0.2, 0) is 9.59 Å². The molecule has 1 saturated carbocycles. The Hall–Kier alpha value is -1.84.